The summed E-state index contributed by atoms with van der Waals surface area (Å²) >= 11 is 0. The number of aryl methyl sites for hydroxylation is 2. The molecule has 1 amide bonds. The zero-order valence-corrected chi connectivity index (χ0v) is 10.0. The highest BCUT2D eigenvalue weighted by Crippen LogP contribution is 2.29. The van der Waals surface area contributed by atoms with E-state index in [1.165, 1.54) is 0 Å². The van der Waals surface area contributed by atoms with Crippen LogP contribution in [0.25, 0.3) is 0 Å². The van der Waals surface area contributed by atoms with Crippen molar-refractivity contribution in [2.24, 2.45) is 5.92 Å². The lowest BCUT2D eigenvalue weighted by Crippen LogP contribution is -2.27. The third-order valence-electron chi connectivity index (χ3n) is 3.28. The smallest absolute Gasteiger partial charge is 0.251 e. The molecule has 0 aliphatic heterocycles. The highest BCUT2D eigenvalue weighted by atomic mass is 16.1. The van der Waals surface area contributed by atoms with Gasteiger partial charge in [-0.1, -0.05) is 13.0 Å². The van der Waals surface area contributed by atoms with Crippen LogP contribution in [0.15, 0.2) is 12.1 Å². The monoisotopic (exact) mass is 218 g/mol. The van der Waals surface area contributed by atoms with E-state index in [0.29, 0.717) is 23.2 Å². The van der Waals surface area contributed by atoms with E-state index < -0.39 is 0 Å². The lowest BCUT2D eigenvalue weighted by atomic mass is 10.0. The number of nitrogen functional groups attached to an aromatic ring is 1. The largest absolute Gasteiger partial charge is 0.398 e. The van der Waals surface area contributed by atoms with Crippen LogP contribution in [0.1, 0.15) is 34.8 Å². The number of benzene rings is 1. The van der Waals surface area contributed by atoms with Crippen LogP contribution in [0.3, 0.4) is 0 Å². The zero-order valence-electron chi connectivity index (χ0n) is 10.0. The van der Waals surface area contributed by atoms with E-state index in [0.717, 1.165) is 17.5 Å². The minimum atomic E-state index is -0.00134. The third-order valence-corrected chi connectivity index (χ3v) is 3.28. The maximum atomic E-state index is 12.0. The molecule has 0 radical (unpaired) electrons. The van der Waals surface area contributed by atoms with E-state index in [2.05, 4.69) is 12.2 Å². The van der Waals surface area contributed by atoms with Crippen LogP contribution in [0, 0.1) is 19.8 Å². The average molecular weight is 218 g/mol. The second-order valence-corrected chi connectivity index (χ2v) is 4.82. The van der Waals surface area contributed by atoms with Crippen LogP contribution in [0.2, 0.25) is 0 Å². The number of amides is 1. The van der Waals surface area contributed by atoms with Gasteiger partial charge in [-0.2, -0.15) is 0 Å². The molecule has 2 unspecified atom stereocenters. The molecule has 0 spiro atoms. The Bertz CT molecular complexity index is 440. The van der Waals surface area contributed by atoms with Crippen LogP contribution in [0.4, 0.5) is 5.69 Å². The fourth-order valence-corrected chi connectivity index (χ4v) is 1.88. The van der Waals surface area contributed by atoms with Gasteiger partial charge in [-0.3, -0.25) is 4.79 Å². The molecule has 1 aromatic carbocycles. The van der Waals surface area contributed by atoms with Gasteiger partial charge in [0.25, 0.3) is 5.91 Å². The molecular formula is C13H18N2O. The van der Waals surface area contributed by atoms with Crippen molar-refractivity contribution >= 4 is 11.6 Å². The molecule has 0 saturated heterocycles. The number of rotatable bonds is 2. The van der Waals surface area contributed by atoms with E-state index in [1.807, 2.05) is 19.9 Å². The van der Waals surface area contributed by atoms with Crippen molar-refractivity contribution in [2.75, 3.05) is 5.73 Å². The van der Waals surface area contributed by atoms with Crippen LogP contribution in [-0.2, 0) is 0 Å². The third kappa shape index (κ3) is 2.03. The average Bonchev–Trinajstić information content (AvgIpc) is 2.87. The molecule has 3 nitrogen and oxygen atoms in total. The minimum absolute atomic E-state index is 0.00134. The summed E-state index contributed by atoms with van der Waals surface area (Å²) in [6.07, 6.45) is 1.09. The number of nitrogens with two attached hydrogens (primary N) is 1. The quantitative estimate of drug-likeness (QED) is 0.746. The first-order chi connectivity index (χ1) is 7.49. The Morgan fingerprint density at radius 1 is 1.38 bits per heavy atom. The van der Waals surface area contributed by atoms with Crippen LogP contribution < -0.4 is 11.1 Å². The number of carbonyl (C=O) groups excluding carboxylic acids is 1. The molecule has 3 heteroatoms. The van der Waals surface area contributed by atoms with Crippen LogP contribution >= 0.6 is 0 Å². The summed E-state index contributed by atoms with van der Waals surface area (Å²) in [5.74, 6) is 0.616. The number of carbonyl (C=O) groups is 1. The second-order valence-electron chi connectivity index (χ2n) is 4.82. The normalized spacial score (nSPS) is 22.9. The van der Waals surface area contributed by atoms with E-state index in [1.54, 1.807) is 6.07 Å². The number of anilines is 1. The number of hydrogen-bond donors (Lipinski definition) is 2. The predicted molar refractivity (Wildman–Crippen MR) is 65.4 cm³/mol. The highest BCUT2D eigenvalue weighted by molar-refractivity contribution is 5.97. The van der Waals surface area contributed by atoms with Crippen molar-refractivity contribution in [1.29, 1.82) is 0 Å². The molecule has 1 fully saturated rings. The molecular weight excluding hydrogens is 200 g/mol. The standard InChI is InChI=1S/C13H18N2O/c1-7-4-8(2)11(14)6-10(7)13(16)15-12-5-9(12)3/h4,6,9,12H,5,14H2,1-3H3,(H,15,16). The molecule has 1 aliphatic carbocycles. The van der Waals surface area contributed by atoms with Gasteiger partial charge in [-0.05, 0) is 43.4 Å². The second kappa shape index (κ2) is 3.81. The summed E-state index contributed by atoms with van der Waals surface area (Å²) in [6.45, 7) is 6.03. The predicted octanol–water partition coefficient (Wildman–Crippen LogP) is 2.02. The zero-order chi connectivity index (χ0) is 11.9. The van der Waals surface area contributed by atoms with Crippen molar-refractivity contribution in [2.45, 2.75) is 33.2 Å². The molecule has 1 saturated carbocycles. The fraction of sp³-hybridized carbons (Fsp3) is 0.462. The molecule has 0 bridgehead atoms. The fourth-order valence-electron chi connectivity index (χ4n) is 1.88. The number of nitrogens with one attached hydrogen (secondary N) is 1. The van der Waals surface area contributed by atoms with Gasteiger partial charge < -0.3 is 11.1 Å². The highest BCUT2D eigenvalue weighted by Gasteiger charge is 2.34. The molecule has 2 rings (SSSR count). The SMILES string of the molecule is Cc1cc(C)c(C(=O)NC2CC2C)cc1N. The summed E-state index contributed by atoms with van der Waals surface area (Å²) in [5, 5.41) is 3.01. The molecule has 2 atom stereocenters. The number of hydrogen-bond acceptors (Lipinski definition) is 2. The van der Waals surface area contributed by atoms with E-state index in [-0.39, 0.29) is 5.91 Å². The lowest BCUT2D eigenvalue weighted by Gasteiger charge is -2.09. The van der Waals surface area contributed by atoms with Gasteiger partial charge in [0.2, 0.25) is 0 Å². The Balaban J connectivity index is 2.19. The Morgan fingerprint density at radius 2 is 2.00 bits per heavy atom. The first-order valence-corrected chi connectivity index (χ1v) is 5.66. The molecule has 86 valence electrons. The molecule has 1 aliphatic rings. The van der Waals surface area contributed by atoms with Gasteiger partial charge >= 0.3 is 0 Å². The molecule has 16 heavy (non-hydrogen) atoms. The van der Waals surface area contributed by atoms with Crippen LogP contribution in [0.5, 0.6) is 0 Å². The van der Waals surface area contributed by atoms with Gasteiger partial charge in [-0.25, -0.2) is 0 Å². The summed E-state index contributed by atoms with van der Waals surface area (Å²) in [4.78, 5) is 12.0. The first-order valence-electron chi connectivity index (χ1n) is 5.66. The van der Waals surface area contributed by atoms with Gasteiger partial charge in [0.1, 0.15) is 0 Å². The Hall–Kier alpha value is -1.51. The van der Waals surface area contributed by atoms with Gasteiger partial charge in [0.05, 0.1) is 0 Å². The van der Waals surface area contributed by atoms with Crippen molar-refractivity contribution in [1.82, 2.24) is 5.32 Å². The van der Waals surface area contributed by atoms with Crippen molar-refractivity contribution < 1.29 is 4.79 Å². The summed E-state index contributed by atoms with van der Waals surface area (Å²) in [7, 11) is 0. The van der Waals surface area contributed by atoms with Crippen molar-refractivity contribution in [3.05, 3.63) is 28.8 Å². The Labute approximate surface area is 96.0 Å². The van der Waals surface area contributed by atoms with Crippen LogP contribution in [-0.4, -0.2) is 11.9 Å². The Morgan fingerprint density at radius 3 is 2.56 bits per heavy atom. The van der Waals surface area contributed by atoms with Gasteiger partial charge in [0.15, 0.2) is 0 Å². The topological polar surface area (TPSA) is 55.1 Å². The minimum Gasteiger partial charge on any atom is -0.398 e. The van der Waals surface area contributed by atoms with Crippen molar-refractivity contribution in [3.63, 3.8) is 0 Å². The lowest BCUT2D eigenvalue weighted by molar-refractivity contribution is 0.0949. The Kier molecular flexibility index (Phi) is 2.62. The van der Waals surface area contributed by atoms with Crippen molar-refractivity contribution in [3.8, 4) is 0 Å². The molecule has 1 aromatic rings. The first kappa shape index (κ1) is 11.0. The molecule has 3 N–H and O–H groups in total. The van der Waals surface area contributed by atoms with E-state index in [9.17, 15) is 4.79 Å². The molecule has 0 aromatic heterocycles. The molecule has 0 heterocycles. The summed E-state index contributed by atoms with van der Waals surface area (Å²) < 4.78 is 0. The van der Waals surface area contributed by atoms with E-state index >= 15 is 0 Å². The maximum absolute atomic E-state index is 12.0. The van der Waals surface area contributed by atoms with Gasteiger partial charge in [-0.15, -0.1) is 0 Å². The van der Waals surface area contributed by atoms with E-state index in [4.69, 9.17) is 5.73 Å². The summed E-state index contributed by atoms with van der Waals surface area (Å²) in [5.41, 5.74) is 9.20. The van der Waals surface area contributed by atoms with Gasteiger partial charge in [0, 0.05) is 17.3 Å². The summed E-state index contributed by atoms with van der Waals surface area (Å²) in [6, 6.07) is 4.09. The maximum Gasteiger partial charge on any atom is 0.251 e.